The van der Waals surface area contributed by atoms with E-state index in [1.165, 1.54) is 7.11 Å². The van der Waals surface area contributed by atoms with Crippen LogP contribution in [0.15, 0.2) is 17.1 Å². The molecule has 0 bridgehead atoms. The van der Waals surface area contributed by atoms with E-state index in [0.29, 0.717) is 13.0 Å². The Kier molecular flexibility index (Phi) is 11.4. The Hall–Kier alpha value is -3.22. The second-order valence-electron chi connectivity index (χ2n) is 8.05. The number of primary amides is 1. The number of carbonyl (C=O) groups excluding carboxylic acids is 6. The van der Waals surface area contributed by atoms with Gasteiger partial charge in [-0.1, -0.05) is 19.3 Å². The molecule has 2 heterocycles. The topological polar surface area (TPSA) is 169 Å². The normalized spacial score (nSPS) is 18.7. The lowest BCUT2D eigenvalue weighted by Crippen LogP contribution is -2.44. The number of rotatable bonds is 16. The van der Waals surface area contributed by atoms with Crippen LogP contribution in [0.1, 0.15) is 44.9 Å². The summed E-state index contributed by atoms with van der Waals surface area (Å²) in [5.41, 5.74) is 5.10. The number of likely N-dealkylation sites (tertiary alicyclic amines) is 1. The van der Waals surface area contributed by atoms with Crippen LogP contribution in [0.3, 0.4) is 0 Å². The summed E-state index contributed by atoms with van der Waals surface area (Å²) in [6, 6.07) is -0.821. The van der Waals surface area contributed by atoms with Gasteiger partial charge in [0.1, 0.15) is 12.7 Å². The fourth-order valence-corrected chi connectivity index (χ4v) is 4.64. The van der Waals surface area contributed by atoms with Crippen LogP contribution in [0, 0.1) is 0 Å². The van der Waals surface area contributed by atoms with Gasteiger partial charge in [-0.15, -0.1) is 11.8 Å². The highest BCUT2D eigenvalue weighted by molar-refractivity contribution is 8.00. The molecular formula is C22H31N5O7S. The van der Waals surface area contributed by atoms with Crippen molar-refractivity contribution >= 4 is 53.6 Å². The number of carbonyl (C=O) groups is 6. The molecule has 0 aliphatic carbocycles. The molecule has 1 saturated heterocycles. The predicted octanol–water partition coefficient (Wildman–Crippen LogP) is -0.285. The van der Waals surface area contributed by atoms with Crippen molar-refractivity contribution in [2.24, 2.45) is 10.7 Å². The number of hydrogen-bond donors (Lipinski definition) is 2. The number of methoxy groups -OCH3 is 1. The standard InChI is InChI=1S/C22H31N5O7S/c1-34-13-25-15(21(32)24-10-6-4-2-3-5-7-17(23)28)12-35-16-11-20(31)27(22(16)33)14-26-18(29)8-9-19(26)30/h8-9,13,15-16H,2-7,10-12,14H2,1H3,(H2,23,28)(H,24,32). The van der Waals surface area contributed by atoms with E-state index in [4.69, 9.17) is 10.5 Å². The van der Waals surface area contributed by atoms with Crippen molar-refractivity contribution in [2.75, 3.05) is 26.1 Å². The summed E-state index contributed by atoms with van der Waals surface area (Å²) in [6.07, 6.45) is 7.86. The minimum absolute atomic E-state index is 0.0920. The highest BCUT2D eigenvalue weighted by atomic mass is 32.2. The average Bonchev–Trinajstić information content (AvgIpc) is 3.28. The molecule has 0 radical (unpaired) electrons. The first-order valence-corrected chi connectivity index (χ1v) is 12.4. The fourth-order valence-electron chi connectivity index (χ4n) is 3.46. The van der Waals surface area contributed by atoms with Crippen molar-refractivity contribution in [3.05, 3.63) is 12.2 Å². The molecule has 2 unspecified atom stereocenters. The maximum absolute atomic E-state index is 12.7. The Morgan fingerprint density at radius 1 is 1.14 bits per heavy atom. The number of unbranched alkanes of at least 4 members (excludes halogenated alkanes) is 4. The van der Waals surface area contributed by atoms with Gasteiger partial charge in [0.15, 0.2) is 6.40 Å². The van der Waals surface area contributed by atoms with Crippen LogP contribution in [-0.2, 0) is 33.5 Å². The summed E-state index contributed by atoms with van der Waals surface area (Å²) in [7, 11) is 1.40. The van der Waals surface area contributed by atoms with Crippen LogP contribution >= 0.6 is 11.8 Å². The van der Waals surface area contributed by atoms with E-state index in [9.17, 15) is 28.8 Å². The molecule has 6 amide bonds. The van der Waals surface area contributed by atoms with Crippen molar-refractivity contribution in [3.63, 3.8) is 0 Å². The SMILES string of the molecule is COC=NC(CSC1CC(=O)N(CN2C(=O)C=CC2=O)C1=O)C(=O)NCCCCCCCC(N)=O. The van der Waals surface area contributed by atoms with Crippen LogP contribution in [0.2, 0.25) is 0 Å². The molecular weight excluding hydrogens is 478 g/mol. The van der Waals surface area contributed by atoms with Gasteiger partial charge in [-0.05, 0) is 12.8 Å². The van der Waals surface area contributed by atoms with E-state index in [-0.39, 0.29) is 24.0 Å². The molecule has 0 spiro atoms. The summed E-state index contributed by atoms with van der Waals surface area (Å²) in [5, 5.41) is 2.08. The molecule has 2 aliphatic heterocycles. The van der Waals surface area contributed by atoms with Gasteiger partial charge < -0.3 is 15.8 Å². The minimum atomic E-state index is -0.821. The minimum Gasteiger partial charge on any atom is -0.487 e. The summed E-state index contributed by atoms with van der Waals surface area (Å²) < 4.78 is 4.82. The Labute approximate surface area is 207 Å². The number of nitrogens with two attached hydrogens (primary N) is 1. The number of amides is 6. The molecule has 2 atom stereocenters. The first-order valence-electron chi connectivity index (χ1n) is 11.3. The number of hydrogen-bond acceptors (Lipinski definition) is 9. The average molecular weight is 510 g/mol. The zero-order valence-corrected chi connectivity index (χ0v) is 20.5. The Morgan fingerprint density at radius 2 is 1.80 bits per heavy atom. The van der Waals surface area contributed by atoms with E-state index >= 15 is 0 Å². The number of nitrogens with zero attached hydrogens (tertiary/aromatic N) is 3. The molecule has 13 heteroatoms. The van der Waals surface area contributed by atoms with Gasteiger partial charge in [0.25, 0.3) is 11.8 Å². The summed E-state index contributed by atoms with van der Waals surface area (Å²) in [6.45, 7) is 0.0343. The largest absolute Gasteiger partial charge is 0.487 e. The first kappa shape index (κ1) is 28.0. The molecule has 2 rings (SSSR count). The van der Waals surface area contributed by atoms with Gasteiger partial charge in [0.2, 0.25) is 23.6 Å². The van der Waals surface area contributed by atoms with E-state index < -0.39 is 41.6 Å². The van der Waals surface area contributed by atoms with Crippen molar-refractivity contribution < 1.29 is 33.5 Å². The van der Waals surface area contributed by atoms with Gasteiger partial charge in [-0.3, -0.25) is 38.6 Å². The number of ether oxygens (including phenoxy) is 1. The smallest absolute Gasteiger partial charge is 0.255 e. The van der Waals surface area contributed by atoms with Crippen LogP contribution in [0.4, 0.5) is 0 Å². The Bertz CT molecular complexity index is 873. The molecule has 35 heavy (non-hydrogen) atoms. The van der Waals surface area contributed by atoms with Crippen molar-refractivity contribution in [1.82, 2.24) is 15.1 Å². The predicted molar refractivity (Wildman–Crippen MR) is 128 cm³/mol. The molecule has 12 nitrogen and oxygen atoms in total. The molecule has 0 saturated carbocycles. The second kappa shape index (κ2) is 14.2. The monoisotopic (exact) mass is 509 g/mol. The third-order valence-corrected chi connectivity index (χ3v) is 6.67. The van der Waals surface area contributed by atoms with Crippen LogP contribution in [-0.4, -0.2) is 89.0 Å². The second-order valence-corrected chi connectivity index (χ2v) is 9.28. The number of thioether (sulfide) groups is 1. The molecule has 2 aliphatic rings. The van der Waals surface area contributed by atoms with Crippen LogP contribution in [0.5, 0.6) is 0 Å². The fraction of sp³-hybridized carbons (Fsp3) is 0.591. The lowest BCUT2D eigenvalue weighted by Gasteiger charge is -2.21. The summed E-state index contributed by atoms with van der Waals surface area (Å²) >= 11 is 1.12. The molecule has 0 aromatic carbocycles. The van der Waals surface area contributed by atoms with Gasteiger partial charge in [0.05, 0.1) is 12.4 Å². The van der Waals surface area contributed by atoms with Gasteiger partial charge in [-0.2, -0.15) is 0 Å². The van der Waals surface area contributed by atoms with Crippen LogP contribution in [0.25, 0.3) is 0 Å². The van der Waals surface area contributed by atoms with Crippen molar-refractivity contribution in [2.45, 2.75) is 56.2 Å². The Balaban J connectivity index is 1.78. The highest BCUT2D eigenvalue weighted by Gasteiger charge is 2.41. The summed E-state index contributed by atoms with van der Waals surface area (Å²) in [5.74, 6) is -2.66. The van der Waals surface area contributed by atoms with E-state index in [1.54, 1.807) is 0 Å². The third kappa shape index (κ3) is 8.81. The molecule has 1 fully saturated rings. The molecule has 0 aromatic rings. The molecule has 3 N–H and O–H groups in total. The zero-order valence-electron chi connectivity index (χ0n) is 19.6. The zero-order chi connectivity index (χ0) is 25.8. The highest BCUT2D eigenvalue weighted by Crippen LogP contribution is 2.27. The quantitative estimate of drug-likeness (QED) is 0.124. The lowest BCUT2D eigenvalue weighted by atomic mass is 10.1. The summed E-state index contributed by atoms with van der Waals surface area (Å²) in [4.78, 5) is 77.6. The van der Waals surface area contributed by atoms with E-state index in [1.807, 2.05) is 0 Å². The number of nitrogens with one attached hydrogen (secondary N) is 1. The third-order valence-electron chi connectivity index (χ3n) is 5.39. The lowest BCUT2D eigenvalue weighted by molar-refractivity contribution is -0.146. The molecule has 0 aromatic heterocycles. The number of imide groups is 2. The molecule has 192 valence electrons. The van der Waals surface area contributed by atoms with Gasteiger partial charge in [0, 0.05) is 37.3 Å². The van der Waals surface area contributed by atoms with Crippen molar-refractivity contribution in [1.29, 1.82) is 0 Å². The Morgan fingerprint density at radius 3 is 2.46 bits per heavy atom. The van der Waals surface area contributed by atoms with Gasteiger partial charge >= 0.3 is 0 Å². The maximum atomic E-state index is 12.7. The van der Waals surface area contributed by atoms with E-state index in [0.717, 1.165) is 72.2 Å². The van der Waals surface area contributed by atoms with E-state index in [2.05, 4.69) is 10.3 Å². The van der Waals surface area contributed by atoms with Crippen LogP contribution < -0.4 is 11.1 Å². The van der Waals surface area contributed by atoms with Crippen molar-refractivity contribution in [3.8, 4) is 0 Å². The number of aliphatic imine (C=N–C) groups is 1. The van der Waals surface area contributed by atoms with Gasteiger partial charge in [-0.25, -0.2) is 4.99 Å². The first-order chi connectivity index (χ1) is 16.7. The maximum Gasteiger partial charge on any atom is 0.255 e.